The minimum atomic E-state index is 0.669. The molecule has 0 spiro atoms. The minimum absolute atomic E-state index is 0.669. The molecule has 0 saturated carbocycles. The van der Waals surface area contributed by atoms with Gasteiger partial charge in [0.1, 0.15) is 0 Å². The highest BCUT2D eigenvalue weighted by molar-refractivity contribution is 7.99. The zero-order chi connectivity index (χ0) is 9.36. The summed E-state index contributed by atoms with van der Waals surface area (Å²) in [6.07, 6.45) is 4.56. The van der Waals surface area contributed by atoms with Crippen molar-refractivity contribution in [2.75, 3.05) is 5.75 Å². The molecule has 0 atom stereocenters. The monoisotopic (exact) mass is 192 g/mol. The van der Waals surface area contributed by atoms with Crippen LogP contribution < -0.4 is 0 Å². The minimum Gasteiger partial charge on any atom is -0.250 e. The van der Waals surface area contributed by atoms with Crippen LogP contribution in [0.2, 0.25) is 0 Å². The molecule has 13 heavy (non-hydrogen) atoms. The van der Waals surface area contributed by atoms with Crippen LogP contribution in [-0.4, -0.2) is 10.7 Å². The normalized spacial score (nSPS) is 9.46. The van der Waals surface area contributed by atoms with Crippen molar-refractivity contribution in [2.45, 2.75) is 24.3 Å². The fraction of sp³-hybridized carbons (Fsp3) is 0.400. The molecule has 0 saturated heterocycles. The van der Waals surface area contributed by atoms with Crippen molar-refractivity contribution in [3.8, 4) is 6.07 Å². The molecule has 0 radical (unpaired) electrons. The van der Waals surface area contributed by atoms with Gasteiger partial charge in [-0.15, -0.1) is 11.8 Å². The lowest BCUT2D eigenvalue weighted by Gasteiger charge is -1.97. The molecule has 68 valence electrons. The Balaban J connectivity index is 2.11. The fourth-order valence-corrected chi connectivity index (χ4v) is 1.78. The number of rotatable bonds is 5. The van der Waals surface area contributed by atoms with Crippen LogP contribution in [0.5, 0.6) is 0 Å². The van der Waals surface area contributed by atoms with E-state index in [9.17, 15) is 0 Å². The number of hydrogen-bond donors (Lipinski definition) is 0. The number of pyridine rings is 1. The van der Waals surface area contributed by atoms with E-state index in [0.29, 0.717) is 6.42 Å². The van der Waals surface area contributed by atoms with E-state index in [2.05, 4.69) is 11.1 Å². The lowest BCUT2D eigenvalue weighted by Crippen LogP contribution is -1.82. The summed E-state index contributed by atoms with van der Waals surface area (Å²) < 4.78 is 0. The quantitative estimate of drug-likeness (QED) is 0.531. The van der Waals surface area contributed by atoms with E-state index in [1.54, 1.807) is 18.0 Å². The molecule has 0 amide bonds. The third-order valence-corrected chi connectivity index (χ3v) is 2.60. The zero-order valence-electron chi connectivity index (χ0n) is 7.44. The van der Waals surface area contributed by atoms with Crippen molar-refractivity contribution in [2.24, 2.45) is 0 Å². The van der Waals surface area contributed by atoms with Crippen LogP contribution in [0.4, 0.5) is 0 Å². The van der Waals surface area contributed by atoms with Gasteiger partial charge in [-0.25, -0.2) is 4.98 Å². The molecule has 0 N–H and O–H groups in total. The van der Waals surface area contributed by atoms with E-state index in [0.717, 1.165) is 23.6 Å². The SMILES string of the molecule is N#CCCCCSc1ccccn1. The largest absolute Gasteiger partial charge is 0.250 e. The van der Waals surface area contributed by atoms with Crippen LogP contribution in [0, 0.1) is 11.3 Å². The first kappa shape index (κ1) is 10.1. The molecular weight excluding hydrogens is 180 g/mol. The molecule has 1 heterocycles. The third kappa shape index (κ3) is 4.54. The Morgan fingerprint density at radius 1 is 1.38 bits per heavy atom. The van der Waals surface area contributed by atoms with Gasteiger partial charge >= 0.3 is 0 Å². The van der Waals surface area contributed by atoms with Gasteiger partial charge in [0.25, 0.3) is 0 Å². The van der Waals surface area contributed by atoms with E-state index < -0.39 is 0 Å². The van der Waals surface area contributed by atoms with Gasteiger partial charge in [0.15, 0.2) is 0 Å². The van der Waals surface area contributed by atoms with E-state index >= 15 is 0 Å². The van der Waals surface area contributed by atoms with Gasteiger partial charge < -0.3 is 0 Å². The Labute approximate surface area is 83.0 Å². The van der Waals surface area contributed by atoms with Crippen molar-refractivity contribution in [1.82, 2.24) is 4.98 Å². The van der Waals surface area contributed by atoms with E-state index in [1.807, 2.05) is 18.2 Å². The van der Waals surface area contributed by atoms with E-state index in [1.165, 1.54) is 0 Å². The second-order valence-electron chi connectivity index (χ2n) is 2.63. The molecule has 2 nitrogen and oxygen atoms in total. The zero-order valence-corrected chi connectivity index (χ0v) is 8.26. The van der Waals surface area contributed by atoms with Crippen LogP contribution in [0.1, 0.15) is 19.3 Å². The molecule has 0 aliphatic heterocycles. The Morgan fingerprint density at radius 3 is 3.00 bits per heavy atom. The molecule has 1 aromatic rings. The molecular formula is C10H12N2S. The van der Waals surface area contributed by atoms with E-state index in [-0.39, 0.29) is 0 Å². The van der Waals surface area contributed by atoms with Gasteiger partial charge in [-0.05, 0) is 30.7 Å². The topological polar surface area (TPSA) is 36.7 Å². The molecule has 0 aliphatic carbocycles. The van der Waals surface area contributed by atoms with Crippen LogP contribution in [0.15, 0.2) is 29.4 Å². The number of nitriles is 1. The molecule has 0 fully saturated rings. The number of unbranched alkanes of at least 4 members (excludes halogenated alkanes) is 2. The highest BCUT2D eigenvalue weighted by Crippen LogP contribution is 2.15. The van der Waals surface area contributed by atoms with Crippen molar-refractivity contribution < 1.29 is 0 Å². The number of thioether (sulfide) groups is 1. The molecule has 0 aromatic carbocycles. The van der Waals surface area contributed by atoms with Crippen LogP contribution in [0.25, 0.3) is 0 Å². The van der Waals surface area contributed by atoms with Crippen molar-refractivity contribution in [1.29, 1.82) is 5.26 Å². The summed E-state index contributed by atoms with van der Waals surface area (Å²) in [5, 5.41) is 9.38. The maximum Gasteiger partial charge on any atom is 0.0959 e. The Kier molecular flexibility index (Phi) is 5.04. The second-order valence-corrected chi connectivity index (χ2v) is 3.75. The van der Waals surface area contributed by atoms with Gasteiger partial charge in [0.05, 0.1) is 11.1 Å². The Morgan fingerprint density at radius 2 is 2.31 bits per heavy atom. The number of hydrogen-bond acceptors (Lipinski definition) is 3. The van der Waals surface area contributed by atoms with Gasteiger partial charge in [-0.3, -0.25) is 0 Å². The van der Waals surface area contributed by atoms with E-state index in [4.69, 9.17) is 5.26 Å². The smallest absolute Gasteiger partial charge is 0.0959 e. The first-order valence-corrected chi connectivity index (χ1v) is 5.33. The highest BCUT2D eigenvalue weighted by atomic mass is 32.2. The third-order valence-electron chi connectivity index (χ3n) is 1.57. The molecule has 1 aromatic heterocycles. The molecule has 0 bridgehead atoms. The fourth-order valence-electron chi connectivity index (χ4n) is 0.915. The molecule has 3 heteroatoms. The summed E-state index contributed by atoms with van der Waals surface area (Å²) in [5.41, 5.74) is 0. The summed E-state index contributed by atoms with van der Waals surface area (Å²) in [6.45, 7) is 0. The van der Waals surface area contributed by atoms with Crippen molar-refractivity contribution >= 4 is 11.8 Å². The predicted octanol–water partition coefficient (Wildman–Crippen LogP) is 2.87. The first-order valence-electron chi connectivity index (χ1n) is 4.34. The maximum atomic E-state index is 8.31. The average molecular weight is 192 g/mol. The first-order chi connectivity index (χ1) is 6.43. The number of aromatic nitrogens is 1. The standard InChI is InChI=1S/C10H12N2S/c11-7-3-1-5-9-13-10-6-2-4-8-12-10/h2,4,6,8H,1,3,5,9H2. The van der Waals surface area contributed by atoms with Gasteiger partial charge in [-0.1, -0.05) is 6.07 Å². The molecule has 0 aliphatic rings. The number of nitrogens with zero attached hydrogens (tertiary/aromatic N) is 2. The average Bonchev–Trinajstić information content (AvgIpc) is 2.19. The van der Waals surface area contributed by atoms with Crippen molar-refractivity contribution in [3.63, 3.8) is 0 Å². The summed E-state index contributed by atoms with van der Waals surface area (Å²) in [6, 6.07) is 8.06. The molecule has 0 unspecified atom stereocenters. The highest BCUT2D eigenvalue weighted by Gasteiger charge is 1.93. The predicted molar refractivity (Wildman–Crippen MR) is 54.4 cm³/mol. The van der Waals surface area contributed by atoms with Gasteiger partial charge in [-0.2, -0.15) is 5.26 Å². The lowest BCUT2D eigenvalue weighted by molar-refractivity contribution is 0.829. The van der Waals surface area contributed by atoms with Gasteiger partial charge in [0, 0.05) is 12.6 Å². The maximum absolute atomic E-state index is 8.31. The van der Waals surface area contributed by atoms with Crippen molar-refractivity contribution in [3.05, 3.63) is 24.4 Å². The molecule has 1 rings (SSSR count). The Bertz CT molecular complexity index is 266. The van der Waals surface area contributed by atoms with Gasteiger partial charge in [0.2, 0.25) is 0 Å². The summed E-state index contributed by atoms with van der Waals surface area (Å²) >= 11 is 1.75. The Hall–Kier alpha value is -1.01. The lowest BCUT2D eigenvalue weighted by atomic mass is 10.3. The summed E-state index contributed by atoms with van der Waals surface area (Å²) in [5.74, 6) is 1.05. The second kappa shape index (κ2) is 6.50. The van der Waals surface area contributed by atoms with Crippen LogP contribution in [-0.2, 0) is 0 Å². The summed E-state index contributed by atoms with van der Waals surface area (Å²) in [4.78, 5) is 4.19. The van der Waals surface area contributed by atoms with Crippen LogP contribution in [0.3, 0.4) is 0 Å². The van der Waals surface area contributed by atoms with Crippen LogP contribution >= 0.6 is 11.8 Å². The summed E-state index contributed by atoms with van der Waals surface area (Å²) in [7, 11) is 0.